The van der Waals surface area contributed by atoms with E-state index >= 15 is 0 Å². The maximum atomic E-state index is 5.83. The number of benzene rings is 2. The second kappa shape index (κ2) is 10.8. The summed E-state index contributed by atoms with van der Waals surface area (Å²) in [5.74, 6) is 0.800. The SMILES string of the molecule is C=CCOc1cccc(-c2cc3cc4nc(c(-c5ccc(C)c(C)c5C)c5ccc(cc6nc(cc2[nH]3)C=C6)[nH]5)C=C4)c1. The number of rotatable bonds is 5. The second-order valence-electron chi connectivity index (χ2n) is 11.0. The lowest BCUT2D eigenvalue weighted by Gasteiger charge is -2.12. The van der Waals surface area contributed by atoms with Crippen LogP contribution in [0.25, 0.3) is 68.6 Å². The first kappa shape index (κ1) is 26.5. The highest BCUT2D eigenvalue weighted by molar-refractivity contribution is 5.93. The molecule has 0 fully saturated rings. The van der Waals surface area contributed by atoms with Crippen molar-refractivity contribution in [2.45, 2.75) is 20.8 Å². The van der Waals surface area contributed by atoms with Gasteiger partial charge in [0.25, 0.3) is 0 Å². The van der Waals surface area contributed by atoms with E-state index in [9.17, 15) is 0 Å². The summed E-state index contributed by atoms with van der Waals surface area (Å²) < 4.78 is 5.83. The van der Waals surface area contributed by atoms with Crippen molar-refractivity contribution in [1.29, 1.82) is 0 Å². The van der Waals surface area contributed by atoms with Crippen molar-refractivity contribution in [3.63, 3.8) is 0 Å². The number of aromatic amines is 2. The maximum absolute atomic E-state index is 5.83. The molecule has 7 rings (SSSR count). The van der Waals surface area contributed by atoms with Crippen LogP contribution in [0.5, 0.6) is 5.75 Å². The van der Waals surface area contributed by atoms with Gasteiger partial charge in [-0.05, 0) is 121 Å². The van der Waals surface area contributed by atoms with E-state index < -0.39 is 0 Å². The van der Waals surface area contributed by atoms with Crippen LogP contribution in [0.2, 0.25) is 0 Å². The average Bonchev–Trinajstić information content (AvgIpc) is 3.82. The van der Waals surface area contributed by atoms with Crippen molar-refractivity contribution in [2.75, 3.05) is 6.61 Å². The molecule has 210 valence electrons. The zero-order valence-corrected chi connectivity index (χ0v) is 24.5. The van der Waals surface area contributed by atoms with Gasteiger partial charge in [0.15, 0.2) is 0 Å². The third kappa shape index (κ3) is 5.10. The molecule has 2 aliphatic rings. The van der Waals surface area contributed by atoms with Crippen molar-refractivity contribution >= 4 is 46.4 Å². The molecule has 2 aromatic carbocycles. The normalized spacial score (nSPS) is 12.1. The molecular formula is C38H32N4O. The van der Waals surface area contributed by atoms with Crippen LogP contribution in [-0.4, -0.2) is 26.5 Å². The molecule has 0 unspecified atom stereocenters. The number of nitrogens with zero attached hydrogens (tertiary/aromatic N) is 2. The minimum Gasteiger partial charge on any atom is -0.490 e. The summed E-state index contributed by atoms with van der Waals surface area (Å²) in [5.41, 5.74) is 15.7. The minimum absolute atomic E-state index is 0.458. The standard InChI is InChI=1S/C38H32N4O/c1-5-17-43-32-8-6-7-26(18-32)34-21-31-20-29-13-16-36(41-29)38(33-14-9-23(2)24(3)25(33)4)35-15-12-28(40-35)19-27-10-11-30(39-27)22-37(34)42-31/h5-16,18-22,40,42H,1,17H2,2-4H3. The Labute approximate surface area is 251 Å². The van der Waals surface area contributed by atoms with Crippen molar-refractivity contribution in [1.82, 2.24) is 19.9 Å². The van der Waals surface area contributed by atoms with Crippen LogP contribution in [0.4, 0.5) is 0 Å². The van der Waals surface area contributed by atoms with Gasteiger partial charge in [0, 0.05) is 33.2 Å². The van der Waals surface area contributed by atoms with Crippen molar-refractivity contribution in [3.8, 4) is 28.0 Å². The highest BCUT2D eigenvalue weighted by Crippen LogP contribution is 2.35. The minimum atomic E-state index is 0.458. The summed E-state index contributed by atoms with van der Waals surface area (Å²) in [7, 11) is 0. The summed E-state index contributed by atoms with van der Waals surface area (Å²) in [4.78, 5) is 17.3. The summed E-state index contributed by atoms with van der Waals surface area (Å²) in [6.45, 7) is 10.8. The number of aryl methyl sites for hydroxylation is 1. The van der Waals surface area contributed by atoms with Gasteiger partial charge in [-0.3, -0.25) is 0 Å². The Balaban J connectivity index is 1.51. The highest BCUT2D eigenvalue weighted by Gasteiger charge is 2.15. The molecule has 5 heteroatoms. The smallest absolute Gasteiger partial charge is 0.120 e. The van der Waals surface area contributed by atoms with Crippen LogP contribution in [0.1, 0.15) is 39.5 Å². The van der Waals surface area contributed by atoms with Crippen LogP contribution >= 0.6 is 0 Å². The molecule has 0 atom stereocenters. The Morgan fingerprint density at radius 3 is 2.33 bits per heavy atom. The molecule has 5 nitrogen and oxygen atoms in total. The predicted molar refractivity (Wildman–Crippen MR) is 180 cm³/mol. The lowest BCUT2D eigenvalue weighted by atomic mass is 9.93. The molecule has 5 aromatic rings. The molecular weight excluding hydrogens is 528 g/mol. The fourth-order valence-electron chi connectivity index (χ4n) is 5.74. The molecule has 0 aliphatic carbocycles. The number of aromatic nitrogens is 4. The first-order valence-corrected chi connectivity index (χ1v) is 14.5. The average molecular weight is 561 g/mol. The van der Waals surface area contributed by atoms with Gasteiger partial charge in [-0.2, -0.15) is 0 Å². The van der Waals surface area contributed by atoms with Crippen molar-refractivity contribution in [3.05, 3.63) is 125 Å². The molecule has 2 N–H and O–H groups in total. The van der Waals surface area contributed by atoms with Gasteiger partial charge in [-0.15, -0.1) is 0 Å². The third-order valence-corrected chi connectivity index (χ3v) is 8.19. The van der Waals surface area contributed by atoms with Crippen LogP contribution in [0.3, 0.4) is 0 Å². The molecule has 0 saturated heterocycles. The summed E-state index contributed by atoms with van der Waals surface area (Å²) in [5, 5.41) is 0. The number of H-pyrrole nitrogens is 2. The number of hydrogen-bond donors (Lipinski definition) is 2. The van der Waals surface area contributed by atoms with Crippen LogP contribution in [0.15, 0.2) is 85.5 Å². The second-order valence-corrected chi connectivity index (χ2v) is 11.0. The lowest BCUT2D eigenvalue weighted by Crippen LogP contribution is -1.93. The molecule has 5 heterocycles. The molecule has 0 saturated carbocycles. The van der Waals surface area contributed by atoms with Crippen molar-refractivity contribution < 1.29 is 4.74 Å². The van der Waals surface area contributed by atoms with Gasteiger partial charge >= 0.3 is 0 Å². The Morgan fingerprint density at radius 2 is 1.47 bits per heavy atom. The van der Waals surface area contributed by atoms with Crippen LogP contribution < -0.4 is 4.74 Å². The number of hydrogen-bond acceptors (Lipinski definition) is 3. The molecule has 8 bridgehead atoms. The highest BCUT2D eigenvalue weighted by atomic mass is 16.5. The van der Waals surface area contributed by atoms with Crippen LogP contribution in [-0.2, 0) is 0 Å². The van der Waals surface area contributed by atoms with Gasteiger partial charge in [-0.1, -0.05) is 36.9 Å². The number of ether oxygens (including phenoxy) is 1. The largest absolute Gasteiger partial charge is 0.490 e. The monoisotopic (exact) mass is 560 g/mol. The first-order valence-electron chi connectivity index (χ1n) is 14.5. The van der Waals surface area contributed by atoms with Crippen molar-refractivity contribution in [2.24, 2.45) is 0 Å². The van der Waals surface area contributed by atoms with E-state index in [1.165, 1.54) is 22.3 Å². The Bertz CT molecular complexity index is 2140. The quantitative estimate of drug-likeness (QED) is 0.206. The van der Waals surface area contributed by atoms with Gasteiger partial charge in [0.05, 0.1) is 22.8 Å². The fourth-order valence-corrected chi connectivity index (χ4v) is 5.74. The van der Waals surface area contributed by atoms with Gasteiger partial charge in [0.2, 0.25) is 0 Å². The summed E-state index contributed by atoms with van der Waals surface area (Å²) >= 11 is 0. The van der Waals surface area contributed by atoms with E-state index in [-0.39, 0.29) is 0 Å². The topological polar surface area (TPSA) is 66.6 Å². The maximum Gasteiger partial charge on any atom is 0.120 e. The Kier molecular flexibility index (Phi) is 6.63. The van der Waals surface area contributed by atoms with E-state index in [2.05, 4.69) is 110 Å². The van der Waals surface area contributed by atoms with E-state index in [0.717, 1.165) is 67.3 Å². The molecule has 43 heavy (non-hydrogen) atoms. The summed E-state index contributed by atoms with van der Waals surface area (Å²) in [6, 6.07) is 25.2. The molecule has 0 radical (unpaired) electrons. The Hall–Kier alpha value is -5.42. The number of nitrogens with one attached hydrogen (secondary N) is 2. The molecule has 3 aromatic heterocycles. The van der Waals surface area contributed by atoms with Crippen LogP contribution in [0, 0.1) is 20.8 Å². The van der Waals surface area contributed by atoms with Gasteiger partial charge < -0.3 is 14.7 Å². The zero-order valence-electron chi connectivity index (χ0n) is 24.5. The predicted octanol–water partition coefficient (Wildman–Crippen LogP) is 9.48. The summed E-state index contributed by atoms with van der Waals surface area (Å²) in [6.07, 6.45) is 10.0. The van der Waals surface area contributed by atoms with E-state index in [1.54, 1.807) is 6.08 Å². The van der Waals surface area contributed by atoms with Gasteiger partial charge in [-0.25, -0.2) is 9.97 Å². The fraction of sp³-hybridized carbons (Fsp3) is 0.105. The van der Waals surface area contributed by atoms with E-state index in [4.69, 9.17) is 14.7 Å². The molecule has 0 spiro atoms. The number of fused-ring (bicyclic) bond motifs is 8. The third-order valence-electron chi connectivity index (χ3n) is 8.19. The molecule has 2 aliphatic heterocycles. The van der Waals surface area contributed by atoms with E-state index in [1.807, 2.05) is 24.3 Å². The lowest BCUT2D eigenvalue weighted by molar-refractivity contribution is 0.363. The zero-order chi connectivity index (χ0) is 29.5. The first-order chi connectivity index (χ1) is 20.9. The Morgan fingerprint density at radius 1 is 0.698 bits per heavy atom. The van der Waals surface area contributed by atoms with E-state index in [0.29, 0.717) is 6.61 Å². The molecule has 0 amide bonds. The van der Waals surface area contributed by atoms with Gasteiger partial charge in [0.1, 0.15) is 12.4 Å².